The predicted molar refractivity (Wildman–Crippen MR) is 143 cm³/mol. The van der Waals surface area contributed by atoms with Gasteiger partial charge in [-0.05, 0) is 49.9 Å². The number of nitrogens with zero attached hydrogens (tertiary/aromatic N) is 3. The Balaban J connectivity index is 1.39. The van der Waals surface area contributed by atoms with E-state index in [9.17, 15) is 27.6 Å². The molecule has 0 bridgehead atoms. The van der Waals surface area contributed by atoms with Crippen LogP contribution in [0.2, 0.25) is 0 Å². The first-order valence-corrected chi connectivity index (χ1v) is 14.0. The van der Waals surface area contributed by atoms with E-state index in [4.69, 9.17) is 0 Å². The van der Waals surface area contributed by atoms with Crippen molar-refractivity contribution in [3.8, 4) is 11.1 Å². The number of alkyl halides is 3. The van der Waals surface area contributed by atoms with Crippen LogP contribution in [0.4, 0.5) is 18.9 Å². The minimum atomic E-state index is -4.69. The Morgan fingerprint density at radius 2 is 1.93 bits per heavy atom. The number of amides is 3. The highest BCUT2D eigenvalue weighted by Gasteiger charge is 2.72. The Morgan fingerprint density at radius 1 is 1.20 bits per heavy atom. The van der Waals surface area contributed by atoms with E-state index in [1.807, 2.05) is 13.8 Å². The lowest BCUT2D eigenvalue weighted by Gasteiger charge is -2.23. The number of hydrogen-bond donors (Lipinski definition) is 2. The quantitative estimate of drug-likeness (QED) is 0.428. The van der Waals surface area contributed by atoms with Crippen LogP contribution in [0.1, 0.15) is 43.0 Å². The Kier molecular flexibility index (Phi) is 6.26. The van der Waals surface area contributed by atoms with E-state index < -0.39 is 11.9 Å². The molecule has 3 aliphatic rings. The van der Waals surface area contributed by atoms with Gasteiger partial charge in [-0.15, -0.1) is 11.3 Å². The Labute approximate surface area is 232 Å². The highest BCUT2D eigenvalue weighted by molar-refractivity contribution is 7.19. The molecule has 2 saturated heterocycles. The number of nitrogens with one attached hydrogen (secondary N) is 2. The van der Waals surface area contributed by atoms with Gasteiger partial charge in [0.05, 0.1) is 45.9 Å². The number of fused-ring (bicyclic) bond motifs is 2. The minimum Gasteiger partial charge on any atom is -0.324 e. The molecule has 0 aromatic carbocycles. The molecule has 2 aliphatic heterocycles. The smallest absolute Gasteiger partial charge is 0.324 e. The first-order valence-electron chi connectivity index (χ1n) is 13.2. The molecular formula is C28H28F3N5O3S. The molecule has 6 rings (SSSR count). The third-order valence-electron chi connectivity index (χ3n) is 8.37. The summed E-state index contributed by atoms with van der Waals surface area (Å²) in [5, 5.41) is 6.04. The molecule has 3 atom stereocenters. The monoisotopic (exact) mass is 571 g/mol. The molecule has 1 aliphatic carbocycles. The van der Waals surface area contributed by atoms with Crippen molar-refractivity contribution in [3.63, 3.8) is 0 Å². The summed E-state index contributed by atoms with van der Waals surface area (Å²) in [5.41, 5.74) is 0.0697. The molecule has 2 N–H and O–H groups in total. The zero-order chi connectivity index (χ0) is 28.6. The van der Waals surface area contributed by atoms with Crippen molar-refractivity contribution < 1.29 is 27.6 Å². The van der Waals surface area contributed by atoms with Crippen molar-refractivity contribution in [2.24, 2.45) is 23.2 Å². The van der Waals surface area contributed by atoms with Crippen LogP contribution in [0.15, 0.2) is 24.4 Å². The number of anilines is 1. The standard InChI is InChI=1S/C28H28F3N5O3S/c1-13-22(35-24(37)14-5-4-7-32-11-14)17(10-19(34-13)28(29,30)31)16-6-8-33-18-9-15(40-23(16)18)12-36-25(38)20-21(26(36)39)27(20,2)3/h6,8-10,14,20-21,32H,4-5,7,11-12H2,1-3H3,(H,35,37). The second-order valence-corrected chi connectivity index (χ2v) is 12.5. The van der Waals surface area contributed by atoms with Crippen molar-refractivity contribution in [1.82, 2.24) is 20.2 Å². The third kappa shape index (κ3) is 4.37. The van der Waals surface area contributed by atoms with E-state index >= 15 is 0 Å². The van der Waals surface area contributed by atoms with E-state index in [1.54, 1.807) is 12.1 Å². The highest BCUT2D eigenvalue weighted by atomic mass is 32.1. The maximum atomic E-state index is 13.8. The van der Waals surface area contributed by atoms with Crippen LogP contribution in [0, 0.1) is 30.1 Å². The number of aryl methyl sites for hydroxylation is 1. The van der Waals surface area contributed by atoms with Gasteiger partial charge in [-0.3, -0.25) is 24.3 Å². The van der Waals surface area contributed by atoms with Crippen molar-refractivity contribution in [3.05, 3.63) is 40.7 Å². The van der Waals surface area contributed by atoms with Gasteiger partial charge in [-0.2, -0.15) is 13.2 Å². The lowest BCUT2D eigenvalue weighted by molar-refractivity contribution is -0.144. The van der Waals surface area contributed by atoms with E-state index in [0.29, 0.717) is 33.6 Å². The molecule has 3 fully saturated rings. The van der Waals surface area contributed by atoms with Crippen LogP contribution >= 0.6 is 11.3 Å². The van der Waals surface area contributed by atoms with Crippen LogP contribution in [0.25, 0.3) is 21.3 Å². The van der Waals surface area contributed by atoms with Crippen LogP contribution in [-0.4, -0.2) is 45.7 Å². The number of hydrogen-bond acceptors (Lipinski definition) is 7. The van der Waals surface area contributed by atoms with Gasteiger partial charge in [0, 0.05) is 28.7 Å². The Hall–Kier alpha value is -3.38. The fourth-order valence-corrected chi connectivity index (χ4v) is 7.21. The summed E-state index contributed by atoms with van der Waals surface area (Å²) in [6.07, 6.45) is -1.67. The lowest BCUT2D eigenvalue weighted by atomic mass is 9.97. The number of aromatic nitrogens is 2. The molecule has 8 nitrogen and oxygen atoms in total. The Morgan fingerprint density at radius 3 is 2.58 bits per heavy atom. The molecule has 0 radical (unpaired) electrons. The second kappa shape index (κ2) is 9.34. The number of likely N-dealkylation sites (tertiary alicyclic amines) is 1. The second-order valence-electron chi connectivity index (χ2n) is 11.4. The number of piperidine rings is 2. The summed E-state index contributed by atoms with van der Waals surface area (Å²) in [7, 11) is 0. The van der Waals surface area contributed by atoms with Crippen molar-refractivity contribution in [2.45, 2.75) is 46.3 Å². The van der Waals surface area contributed by atoms with Crippen molar-refractivity contribution in [2.75, 3.05) is 18.4 Å². The fourth-order valence-electron chi connectivity index (χ4n) is 6.08. The number of thiophene rings is 1. The van der Waals surface area contributed by atoms with Gasteiger partial charge in [-0.1, -0.05) is 13.8 Å². The number of halogens is 3. The average molecular weight is 572 g/mol. The SMILES string of the molecule is Cc1nc(C(F)(F)F)cc(-c2ccnc3cc(CN4C(=O)C5C(C4=O)C5(C)C)sc23)c1NC(=O)C1CCCNC1. The molecule has 0 spiro atoms. The largest absolute Gasteiger partial charge is 0.433 e. The van der Waals surface area contributed by atoms with Crippen LogP contribution in [-0.2, 0) is 27.1 Å². The normalized spacial score (nSPS) is 23.9. The number of imide groups is 1. The maximum Gasteiger partial charge on any atom is 0.433 e. The van der Waals surface area contributed by atoms with Gasteiger partial charge in [0.2, 0.25) is 17.7 Å². The summed E-state index contributed by atoms with van der Waals surface area (Å²) < 4.78 is 42.1. The number of carbonyl (C=O) groups excluding carboxylic acids is 3. The zero-order valence-corrected chi connectivity index (χ0v) is 23.0. The van der Waals surface area contributed by atoms with E-state index in [0.717, 1.165) is 19.0 Å². The maximum absolute atomic E-state index is 13.8. The number of carbonyl (C=O) groups is 3. The topological polar surface area (TPSA) is 104 Å². The third-order valence-corrected chi connectivity index (χ3v) is 9.51. The molecule has 3 unspecified atom stereocenters. The molecule has 3 aromatic heterocycles. The van der Waals surface area contributed by atoms with Crippen LogP contribution in [0.5, 0.6) is 0 Å². The van der Waals surface area contributed by atoms with Crippen molar-refractivity contribution >= 4 is 45.0 Å². The summed E-state index contributed by atoms with van der Waals surface area (Å²) in [5.74, 6) is -1.55. The van der Waals surface area contributed by atoms with E-state index in [-0.39, 0.29) is 64.4 Å². The summed E-state index contributed by atoms with van der Waals surface area (Å²) in [4.78, 5) is 49.0. The molecular weight excluding hydrogens is 543 g/mol. The molecule has 40 heavy (non-hydrogen) atoms. The first-order chi connectivity index (χ1) is 18.9. The van der Waals surface area contributed by atoms with E-state index in [2.05, 4.69) is 20.6 Å². The number of pyridine rings is 2. The lowest BCUT2D eigenvalue weighted by Crippen LogP contribution is -2.37. The fraction of sp³-hybridized carbons (Fsp3) is 0.464. The zero-order valence-electron chi connectivity index (χ0n) is 22.2. The molecule has 5 heterocycles. The Bertz CT molecular complexity index is 1540. The summed E-state index contributed by atoms with van der Waals surface area (Å²) in [6, 6.07) is 4.32. The molecule has 3 amide bonds. The van der Waals surface area contributed by atoms with Crippen LogP contribution in [0.3, 0.4) is 0 Å². The summed E-state index contributed by atoms with van der Waals surface area (Å²) in [6.45, 7) is 6.68. The molecule has 210 valence electrons. The average Bonchev–Trinajstić information content (AvgIpc) is 3.15. The summed E-state index contributed by atoms with van der Waals surface area (Å²) >= 11 is 1.27. The highest BCUT2D eigenvalue weighted by Crippen LogP contribution is 2.63. The van der Waals surface area contributed by atoms with Gasteiger partial charge < -0.3 is 10.6 Å². The van der Waals surface area contributed by atoms with Crippen LogP contribution < -0.4 is 10.6 Å². The molecule has 12 heteroatoms. The van der Waals surface area contributed by atoms with E-state index in [1.165, 1.54) is 29.4 Å². The van der Waals surface area contributed by atoms with Gasteiger partial charge in [0.25, 0.3) is 0 Å². The van der Waals surface area contributed by atoms with Gasteiger partial charge >= 0.3 is 6.18 Å². The first kappa shape index (κ1) is 26.8. The van der Waals surface area contributed by atoms with Gasteiger partial charge in [0.1, 0.15) is 5.69 Å². The molecule has 3 aromatic rings. The van der Waals surface area contributed by atoms with Gasteiger partial charge in [-0.25, -0.2) is 4.98 Å². The minimum absolute atomic E-state index is 0.0544. The number of rotatable bonds is 5. The molecule has 1 saturated carbocycles. The van der Waals surface area contributed by atoms with Crippen molar-refractivity contribution in [1.29, 1.82) is 0 Å². The predicted octanol–water partition coefficient (Wildman–Crippen LogP) is 4.76. The van der Waals surface area contributed by atoms with Gasteiger partial charge in [0.15, 0.2) is 0 Å².